The lowest BCUT2D eigenvalue weighted by molar-refractivity contribution is -0.156. The van der Waals surface area contributed by atoms with Crippen molar-refractivity contribution in [1.82, 2.24) is 15.0 Å². The van der Waals surface area contributed by atoms with E-state index in [1.165, 1.54) is 0 Å². The minimum Gasteiger partial charge on any atom is -0.454 e. The molecule has 0 spiro atoms. The van der Waals surface area contributed by atoms with Gasteiger partial charge in [0.15, 0.2) is 13.2 Å². The third-order valence-corrected chi connectivity index (χ3v) is 2.75. The largest absolute Gasteiger partial charge is 0.487 e. The van der Waals surface area contributed by atoms with E-state index in [2.05, 4.69) is 46.1 Å². The lowest BCUT2D eigenvalue weighted by atomic mass is 10.3. The maximum atomic E-state index is 12.6. The van der Waals surface area contributed by atoms with E-state index in [4.69, 9.17) is 0 Å². The van der Waals surface area contributed by atoms with Crippen LogP contribution in [0.4, 0.5) is 46.8 Å². The molecule has 0 aliphatic carbocycles. The Morgan fingerprint density at radius 1 is 0.767 bits per heavy atom. The van der Waals surface area contributed by atoms with Crippen LogP contribution in [0.1, 0.15) is 0 Å². The van der Waals surface area contributed by atoms with Gasteiger partial charge in [-0.15, -0.1) is 13.8 Å². The Morgan fingerprint density at radius 3 is 1.63 bits per heavy atom. The molecule has 7 nitrogen and oxygen atoms in total. The summed E-state index contributed by atoms with van der Waals surface area (Å²) in [6.07, 6.45) is -9.54. The van der Waals surface area contributed by atoms with Crippen molar-refractivity contribution in [3.63, 3.8) is 0 Å². The third kappa shape index (κ3) is 9.11. The minimum atomic E-state index is -4.77. The molecule has 0 aliphatic rings. The third-order valence-electron chi connectivity index (χ3n) is 2.67. The number of hydrogen-bond acceptors (Lipinski definition) is 7. The van der Waals surface area contributed by atoms with Crippen molar-refractivity contribution in [2.75, 3.05) is 18.5 Å². The van der Waals surface area contributed by atoms with E-state index in [-0.39, 0.29) is 11.4 Å². The highest BCUT2D eigenvalue weighted by molar-refractivity contribution is 6.20. The van der Waals surface area contributed by atoms with Crippen LogP contribution in [0.25, 0.3) is 0 Å². The SMILES string of the molecule is FC(F)(F)COc1nc(Nc2ccc(OC(F)(F)Cl)cc2)nc(OCC(F)(F)F)n1. The van der Waals surface area contributed by atoms with Gasteiger partial charge in [0.05, 0.1) is 0 Å². The summed E-state index contributed by atoms with van der Waals surface area (Å²) in [6, 6.07) is 2.47. The topological polar surface area (TPSA) is 78.4 Å². The van der Waals surface area contributed by atoms with E-state index >= 15 is 0 Å². The summed E-state index contributed by atoms with van der Waals surface area (Å²) >= 11 is 4.61. The van der Waals surface area contributed by atoms with Crippen LogP contribution < -0.4 is 19.5 Å². The number of nitrogens with one attached hydrogen (secondary N) is 1. The molecule has 0 saturated heterocycles. The van der Waals surface area contributed by atoms with E-state index in [1.54, 1.807) is 0 Å². The van der Waals surface area contributed by atoms with Crippen molar-refractivity contribution in [1.29, 1.82) is 0 Å². The molecule has 0 radical (unpaired) electrons. The number of anilines is 2. The van der Waals surface area contributed by atoms with Crippen LogP contribution in [0, 0.1) is 0 Å². The van der Waals surface area contributed by atoms with Gasteiger partial charge in [-0.25, -0.2) is 0 Å². The van der Waals surface area contributed by atoms with Crippen LogP contribution in [0.3, 0.4) is 0 Å². The van der Waals surface area contributed by atoms with Gasteiger partial charge in [-0.2, -0.15) is 36.3 Å². The highest BCUT2D eigenvalue weighted by Crippen LogP contribution is 2.27. The summed E-state index contributed by atoms with van der Waals surface area (Å²) in [4.78, 5) is 10.1. The minimum absolute atomic E-state index is 0.0926. The standard InChI is InChI=1S/C14H9ClF8N4O3/c15-14(22,23)30-8-3-1-7(2-4-8)24-9-25-10(28-5-12(16,17)18)27-11(26-9)29-6-13(19,20)21/h1-4H,5-6H2,(H,24,25,26,27). The molecule has 0 atom stereocenters. The Bertz CT molecular complexity index is 807. The number of halogens is 9. The lowest BCUT2D eigenvalue weighted by Gasteiger charge is -2.13. The first-order valence-corrected chi connectivity index (χ1v) is 7.84. The molecule has 1 aromatic carbocycles. The van der Waals surface area contributed by atoms with Crippen molar-refractivity contribution >= 4 is 23.2 Å². The van der Waals surface area contributed by atoms with Gasteiger partial charge in [0, 0.05) is 17.3 Å². The fraction of sp³-hybridized carbons (Fsp3) is 0.357. The molecule has 30 heavy (non-hydrogen) atoms. The zero-order valence-corrected chi connectivity index (χ0v) is 14.9. The van der Waals surface area contributed by atoms with Gasteiger partial charge in [-0.1, -0.05) is 0 Å². The van der Waals surface area contributed by atoms with E-state index in [1.807, 2.05) is 0 Å². The average Bonchev–Trinajstić information content (AvgIpc) is 2.57. The van der Waals surface area contributed by atoms with Crippen LogP contribution in [-0.4, -0.2) is 46.1 Å². The highest BCUT2D eigenvalue weighted by atomic mass is 35.5. The summed E-state index contributed by atoms with van der Waals surface area (Å²) in [5.41, 5.74) is -3.87. The molecule has 2 aromatic rings. The van der Waals surface area contributed by atoms with Crippen molar-refractivity contribution < 1.29 is 49.3 Å². The lowest BCUT2D eigenvalue weighted by Crippen LogP contribution is -2.22. The van der Waals surface area contributed by atoms with Crippen LogP contribution in [0.5, 0.6) is 17.8 Å². The number of benzene rings is 1. The number of ether oxygens (including phenoxy) is 3. The van der Waals surface area contributed by atoms with Gasteiger partial charge < -0.3 is 19.5 Å². The molecule has 0 fully saturated rings. The van der Waals surface area contributed by atoms with Crippen molar-refractivity contribution in [2.45, 2.75) is 17.9 Å². The molecule has 16 heteroatoms. The Kier molecular flexibility index (Phi) is 6.95. The first kappa shape index (κ1) is 23.4. The fourth-order valence-electron chi connectivity index (χ4n) is 1.68. The Hall–Kier alpha value is -2.84. The van der Waals surface area contributed by atoms with Crippen LogP contribution in [0.15, 0.2) is 24.3 Å². The predicted octanol–water partition coefficient (Wildman–Crippen LogP) is 4.67. The smallest absolute Gasteiger partial charge is 0.454 e. The van der Waals surface area contributed by atoms with Crippen LogP contribution in [0.2, 0.25) is 0 Å². The number of nitrogens with zero attached hydrogens (tertiary/aromatic N) is 3. The summed E-state index contributed by atoms with van der Waals surface area (Å²) in [7, 11) is 0. The highest BCUT2D eigenvalue weighted by Gasteiger charge is 2.31. The number of rotatable bonds is 8. The zero-order valence-electron chi connectivity index (χ0n) is 14.2. The normalized spacial score (nSPS) is 12.4. The monoisotopic (exact) mass is 468 g/mol. The van der Waals surface area contributed by atoms with Crippen molar-refractivity contribution in [3.8, 4) is 17.8 Å². The van der Waals surface area contributed by atoms with Gasteiger partial charge in [0.25, 0.3) is 0 Å². The second-order valence-electron chi connectivity index (χ2n) is 5.23. The van der Waals surface area contributed by atoms with E-state index in [9.17, 15) is 35.1 Å². The molecule has 0 saturated carbocycles. The fourth-order valence-corrected chi connectivity index (χ4v) is 1.77. The summed E-state index contributed by atoms with van der Waals surface area (Å²) in [5.74, 6) is -0.879. The first-order chi connectivity index (χ1) is 13.7. The van der Waals surface area contributed by atoms with Gasteiger partial charge in [-0.3, -0.25) is 0 Å². The zero-order chi connectivity index (χ0) is 22.6. The van der Waals surface area contributed by atoms with Crippen LogP contribution in [-0.2, 0) is 0 Å². The van der Waals surface area contributed by atoms with Crippen molar-refractivity contribution in [2.24, 2.45) is 0 Å². The molecule has 0 amide bonds. The molecule has 1 heterocycles. The molecular weight excluding hydrogens is 460 g/mol. The van der Waals surface area contributed by atoms with Crippen molar-refractivity contribution in [3.05, 3.63) is 24.3 Å². The maximum absolute atomic E-state index is 12.6. The van der Waals surface area contributed by atoms with Gasteiger partial charge in [0.1, 0.15) is 5.75 Å². The van der Waals surface area contributed by atoms with E-state index < -0.39 is 49.1 Å². The summed E-state index contributed by atoms with van der Waals surface area (Å²) < 4.78 is 111. The van der Waals surface area contributed by atoms with Gasteiger partial charge >= 0.3 is 29.9 Å². The Morgan fingerprint density at radius 2 is 1.23 bits per heavy atom. The van der Waals surface area contributed by atoms with E-state index in [0.29, 0.717) is 0 Å². The Labute approximate surface area is 166 Å². The number of alkyl halides is 9. The molecule has 1 N–H and O–H groups in total. The Balaban J connectivity index is 2.19. The van der Waals surface area contributed by atoms with Crippen LogP contribution >= 0.6 is 11.6 Å². The van der Waals surface area contributed by atoms with Gasteiger partial charge in [-0.05, 0) is 24.3 Å². The molecule has 166 valence electrons. The maximum Gasteiger partial charge on any atom is 0.487 e. The molecule has 0 bridgehead atoms. The molecular formula is C14H9ClF8N4O3. The summed E-state index contributed by atoms with van der Waals surface area (Å²) in [6.45, 7) is -3.65. The first-order valence-electron chi connectivity index (χ1n) is 7.46. The quantitative estimate of drug-likeness (QED) is 0.446. The molecule has 0 unspecified atom stereocenters. The molecule has 0 aliphatic heterocycles. The molecule has 1 aromatic heterocycles. The predicted molar refractivity (Wildman–Crippen MR) is 84.1 cm³/mol. The number of aromatic nitrogens is 3. The molecule has 2 rings (SSSR count). The second-order valence-corrected chi connectivity index (χ2v) is 5.67. The van der Waals surface area contributed by atoms with E-state index in [0.717, 1.165) is 24.3 Å². The second kappa shape index (κ2) is 8.89. The number of hydrogen-bond donors (Lipinski definition) is 1. The average molecular weight is 469 g/mol. The summed E-state index contributed by atoms with van der Waals surface area (Å²) in [5, 5.41) is 2.41. The van der Waals surface area contributed by atoms with Gasteiger partial charge in [0.2, 0.25) is 5.95 Å².